The minimum atomic E-state index is -4.04. The Hall–Kier alpha value is -3.03. The second-order valence-electron chi connectivity index (χ2n) is 6.53. The van der Waals surface area contributed by atoms with Crippen molar-refractivity contribution in [2.24, 2.45) is 0 Å². The summed E-state index contributed by atoms with van der Waals surface area (Å²) in [5.41, 5.74) is 1.78. The lowest BCUT2D eigenvalue weighted by molar-refractivity contribution is -0.114. The van der Waals surface area contributed by atoms with Gasteiger partial charge in [-0.3, -0.25) is 9.10 Å². The van der Waals surface area contributed by atoms with E-state index in [-0.39, 0.29) is 4.90 Å². The molecule has 3 rings (SSSR count). The van der Waals surface area contributed by atoms with Crippen LogP contribution in [0.2, 0.25) is 5.02 Å². The van der Waals surface area contributed by atoms with E-state index in [2.05, 4.69) is 5.32 Å². The molecular weight excluding hydrogens is 424 g/mol. The molecule has 3 aromatic carbocycles. The van der Waals surface area contributed by atoms with E-state index >= 15 is 0 Å². The highest BCUT2D eigenvalue weighted by Gasteiger charge is 2.27. The van der Waals surface area contributed by atoms with Crippen LogP contribution in [0.15, 0.2) is 77.7 Å². The quantitative estimate of drug-likeness (QED) is 0.582. The lowest BCUT2D eigenvalue weighted by atomic mass is 10.2. The molecule has 0 aliphatic carbocycles. The van der Waals surface area contributed by atoms with E-state index in [1.807, 2.05) is 19.1 Å². The maximum Gasteiger partial charge on any atom is 0.264 e. The molecule has 156 valence electrons. The number of aryl methyl sites for hydroxylation is 1. The number of halogens is 1. The largest absolute Gasteiger partial charge is 0.497 e. The van der Waals surface area contributed by atoms with Gasteiger partial charge in [0.05, 0.1) is 17.7 Å². The Morgan fingerprint density at radius 1 is 1.03 bits per heavy atom. The molecule has 0 bridgehead atoms. The maximum absolute atomic E-state index is 13.4. The van der Waals surface area contributed by atoms with Crippen molar-refractivity contribution in [3.8, 4) is 5.75 Å². The molecule has 6 nitrogen and oxygen atoms in total. The first-order chi connectivity index (χ1) is 14.3. The third-order valence-electron chi connectivity index (χ3n) is 4.45. The van der Waals surface area contributed by atoms with E-state index in [1.54, 1.807) is 42.5 Å². The number of para-hydroxylation sites is 1. The van der Waals surface area contributed by atoms with Gasteiger partial charge in [-0.05, 0) is 61.0 Å². The van der Waals surface area contributed by atoms with E-state index in [0.717, 1.165) is 9.87 Å². The van der Waals surface area contributed by atoms with E-state index in [1.165, 1.54) is 25.3 Å². The Balaban J connectivity index is 1.96. The van der Waals surface area contributed by atoms with Gasteiger partial charge in [0.25, 0.3) is 10.0 Å². The predicted octanol–water partition coefficient (Wildman–Crippen LogP) is 4.49. The number of benzene rings is 3. The van der Waals surface area contributed by atoms with Crippen LogP contribution in [0.4, 0.5) is 11.4 Å². The van der Waals surface area contributed by atoms with Crippen molar-refractivity contribution in [2.75, 3.05) is 23.3 Å². The van der Waals surface area contributed by atoms with Gasteiger partial charge >= 0.3 is 0 Å². The van der Waals surface area contributed by atoms with Crippen molar-refractivity contribution in [2.45, 2.75) is 11.8 Å². The molecule has 0 aliphatic rings. The number of carbonyl (C=O) groups is 1. The molecule has 3 aromatic rings. The summed E-state index contributed by atoms with van der Waals surface area (Å²) in [4.78, 5) is 12.8. The van der Waals surface area contributed by atoms with Gasteiger partial charge in [0.2, 0.25) is 5.91 Å². The Morgan fingerprint density at radius 3 is 2.37 bits per heavy atom. The second-order valence-corrected chi connectivity index (χ2v) is 8.83. The van der Waals surface area contributed by atoms with Gasteiger partial charge < -0.3 is 10.1 Å². The summed E-state index contributed by atoms with van der Waals surface area (Å²) in [5.74, 6) is 0.0573. The van der Waals surface area contributed by atoms with E-state index < -0.39 is 22.5 Å². The number of sulfonamides is 1. The SMILES string of the molecule is COc1ccc(S(=O)(=O)N(CC(=O)Nc2ccccc2C)c2cccc(Cl)c2)cc1. The number of hydrogen-bond donors (Lipinski definition) is 1. The topological polar surface area (TPSA) is 75.7 Å². The molecule has 0 saturated carbocycles. The Morgan fingerprint density at radius 2 is 1.73 bits per heavy atom. The average molecular weight is 445 g/mol. The van der Waals surface area contributed by atoms with E-state index in [9.17, 15) is 13.2 Å². The van der Waals surface area contributed by atoms with Crippen LogP contribution in [0.5, 0.6) is 5.75 Å². The molecule has 0 saturated heterocycles. The molecule has 0 aromatic heterocycles. The summed E-state index contributed by atoms with van der Waals surface area (Å²) in [5, 5.41) is 3.13. The molecule has 8 heteroatoms. The minimum Gasteiger partial charge on any atom is -0.497 e. The lowest BCUT2D eigenvalue weighted by Crippen LogP contribution is -2.38. The van der Waals surface area contributed by atoms with Gasteiger partial charge in [0, 0.05) is 10.7 Å². The van der Waals surface area contributed by atoms with Crippen LogP contribution in [0, 0.1) is 6.92 Å². The highest BCUT2D eigenvalue weighted by Crippen LogP contribution is 2.27. The predicted molar refractivity (Wildman–Crippen MR) is 119 cm³/mol. The highest BCUT2D eigenvalue weighted by atomic mass is 35.5. The van der Waals surface area contributed by atoms with Crippen molar-refractivity contribution in [1.29, 1.82) is 0 Å². The fourth-order valence-corrected chi connectivity index (χ4v) is 4.45. The van der Waals surface area contributed by atoms with Crippen LogP contribution >= 0.6 is 11.6 Å². The first-order valence-corrected chi connectivity index (χ1v) is 10.9. The van der Waals surface area contributed by atoms with E-state index in [0.29, 0.717) is 22.1 Å². The Kier molecular flexibility index (Phi) is 6.64. The summed E-state index contributed by atoms with van der Waals surface area (Å²) in [6.07, 6.45) is 0. The highest BCUT2D eigenvalue weighted by molar-refractivity contribution is 7.92. The molecule has 0 radical (unpaired) electrons. The Labute approximate surface area is 181 Å². The smallest absolute Gasteiger partial charge is 0.264 e. The van der Waals surface area contributed by atoms with Gasteiger partial charge in [-0.2, -0.15) is 0 Å². The Bertz CT molecular complexity index is 1150. The zero-order valence-electron chi connectivity index (χ0n) is 16.5. The maximum atomic E-state index is 13.4. The van der Waals surface area contributed by atoms with Crippen LogP contribution < -0.4 is 14.4 Å². The fraction of sp³-hybridized carbons (Fsp3) is 0.136. The number of hydrogen-bond acceptors (Lipinski definition) is 4. The van der Waals surface area contributed by atoms with Crippen LogP contribution in [0.1, 0.15) is 5.56 Å². The summed E-state index contributed by atoms with van der Waals surface area (Å²) < 4.78 is 32.9. The van der Waals surface area contributed by atoms with Gasteiger partial charge in [-0.15, -0.1) is 0 Å². The average Bonchev–Trinajstić information content (AvgIpc) is 2.73. The molecular formula is C22H21ClN2O4S. The number of carbonyl (C=O) groups excluding carboxylic acids is 1. The molecule has 0 fully saturated rings. The summed E-state index contributed by atoms with van der Waals surface area (Å²) in [7, 11) is -2.54. The number of amides is 1. The summed E-state index contributed by atoms with van der Waals surface area (Å²) >= 11 is 6.07. The van der Waals surface area contributed by atoms with Crippen molar-refractivity contribution >= 4 is 38.9 Å². The van der Waals surface area contributed by atoms with Crippen molar-refractivity contribution in [3.05, 3.63) is 83.4 Å². The van der Waals surface area contributed by atoms with Gasteiger partial charge in [0.1, 0.15) is 12.3 Å². The second kappa shape index (κ2) is 9.19. The molecule has 0 spiro atoms. The molecule has 1 N–H and O–H groups in total. The first-order valence-electron chi connectivity index (χ1n) is 9.09. The molecule has 0 atom stereocenters. The van der Waals surface area contributed by atoms with Crippen molar-refractivity contribution in [1.82, 2.24) is 0 Å². The molecule has 0 heterocycles. The van der Waals surface area contributed by atoms with Crippen LogP contribution in [-0.4, -0.2) is 28.0 Å². The zero-order chi connectivity index (χ0) is 21.7. The van der Waals surface area contributed by atoms with E-state index in [4.69, 9.17) is 16.3 Å². The number of nitrogens with zero attached hydrogens (tertiary/aromatic N) is 1. The van der Waals surface area contributed by atoms with Gasteiger partial charge in [-0.25, -0.2) is 8.42 Å². The number of rotatable bonds is 7. The van der Waals surface area contributed by atoms with Gasteiger partial charge in [0.15, 0.2) is 0 Å². The van der Waals surface area contributed by atoms with Gasteiger partial charge in [-0.1, -0.05) is 35.9 Å². The molecule has 0 unspecified atom stereocenters. The number of methoxy groups -OCH3 is 1. The fourth-order valence-electron chi connectivity index (χ4n) is 2.85. The number of ether oxygens (including phenoxy) is 1. The minimum absolute atomic E-state index is 0.0342. The van der Waals surface area contributed by atoms with Crippen LogP contribution in [0.3, 0.4) is 0 Å². The van der Waals surface area contributed by atoms with Crippen LogP contribution in [-0.2, 0) is 14.8 Å². The standard InChI is InChI=1S/C22H21ClN2O4S/c1-16-6-3-4-9-21(16)24-22(26)15-25(18-8-5-7-17(23)14-18)30(27,28)20-12-10-19(29-2)11-13-20/h3-14H,15H2,1-2H3,(H,24,26). The third-order valence-corrected chi connectivity index (χ3v) is 6.47. The van der Waals surface area contributed by atoms with Crippen molar-refractivity contribution < 1.29 is 17.9 Å². The first kappa shape index (κ1) is 21.7. The number of nitrogens with one attached hydrogen (secondary N) is 1. The summed E-state index contributed by atoms with van der Waals surface area (Å²) in [6, 6.07) is 19.6. The zero-order valence-corrected chi connectivity index (χ0v) is 18.1. The third kappa shape index (κ3) is 4.93. The van der Waals surface area contributed by atoms with Crippen molar-refractivity contribution in [3.63, 3.8) is 0 Å². The molecule has 1 amide bonds. The van der Waals surface area contributed by atoms with Crippen LogP contribution in [0.25, 0.3) is 0 Å². The normalized spacial score (nSPS) is 11.0. The molecule has 0 aliphatic heterocycles. The number of anilines is 2. The lowest BCUT2D eigenvalue weighted by Gasteiger charge is -2.24. The summed E-state index contributed by atoms with van der Waals surface area (Å²) in [6.45, 7) is 1.45. The monoisotopic (exact) mass is 444 g/mol. The molecule has 30 heavy (non-hydrogen) atoms.